The SMILES string of the molecule is Cc1ccc(NC(=O)C(C(C)C)N2CCCC(C)C2)cc1N. The molecular weight excluding hydrogens is 274 g/mol. The molecule has 3 N–H and O–H groups in total. The number of nitrogens with two attached hydrogens (primary N) is 1. The van der Waals surface area contributed by atoms with Gasteiger partial charge in [-0.15, -0.1) is 0 Å². The fourth-order valence-electron chi connectivity index (χ4n) is 3.30. The molecule has 0 spiro atoms. The number of benzene rings is 1. The molecule has 1 aliphatic rings. The van der Waals surface area contributed by atoms with E-state index in [9.17, 15) is 4.79 Å². The average molecular weight is 303 g/mol. The Bertz CT molecular complexity index is 527. The van der Waals surface area contributed by atoms with Crippen LogP contribution in [-0.2, 0) is 4.79 Å². The molecule has 2 rings (SSSR count). The van der Waals surface area contributed by atoms with Crippen LogP contribution in [0.25, 0.3) is 0 Å². The molecular formula is C18H29N3O. The van der Waals surface area contributed by atoms with Crippen LogP contribution in [0, 0.1) is 18.8 Å². The fraction of sp³-hybridized carbons (Fsp3) is 0.611. The molecule has 1 aromatic rings. The van der Waals surface area contributed by atoms with E-state index in [4.69, 9.17) is 5.73 Å². The Morgan fingerprint density at radius 3 is 2.73 bits per heavy atom. The highest BCUT2D eigenvalue weighted by atomic mass is 16.2. The van der Waals surface area contributed by atoms with Gasteiger partial charge in [0, 0.05) is 17.9 Å². The summed E-state index contributed by atoms with van der Waals surface area (Å²) in [4.78, 5) is 15.1. The maximum Gasteiger partial charge on any atom is 0.241 e. The van der Waals surface area contributed by atoms with Crippen LogP contribution in [0.5, 0.6) is 0 Å². The van der Waals surface area contributed by atoms with Gasteiger partial charge in [-0.25, -0.2) is 0 Å². The van der Waals surface area contributed by atoms with E-state index < -0.39 is 0 Å². The van der Waals surface area contributed by atoms with Gasteiger partial charge in [0.2, 0.25) is 5.91 Å². The van der Waals surface area contributed by atoms with E-state index in [1.54, 1.807) is 0 Å². The van der Waals surface area contributed by atoms with Crippen molar-refractivity contribution in [1.29, 1.82) is 0 Å². The molecule has 2 atom stereocenters. The Balaban J connectivity index is 2.10. The topological polar surface area (TPSA) is 58.4 Å². The zero-order valence-corrected chi connectivity index (χ0v) is 14.2. The minimum absolute atomic E-state index is 0.0763. The normalized spacial score (nSPS) is 20.9. The van der Waals surface area contributed by atoms with Crippen molar-refractivity contribution in [2.45, 2.75) is 46.6 Å². The van der Waals surface area contributed by atoms with E-state index in [1.165, 1.54) is 12.8 Å². The Hall–Kier alpha value is -1.55. The lowest BCUT2D eigenvalue weighted by Gasteiger charge is -2.38. The number of hydrogen-bond acceptors (Lipinski definition) is 3. The second kappa shape index (κ2) is 7.14. The lowest BCUT2D eigenvalue weighted by atomic mass is 9.94. The minimum Gasteiger partial charge on any atom is -0.398 e. The Morgan fingerprint density at radius 1 is 1.41 bits per heavy atom. The minimum atomic E-state index is -0.0784. The van der Waals surface area contributed by atoms with E-state index in [-0.39, 0.29) is 17.9 Å². The highest BCUT2D eigenvalue weighted by Crippen LogP contribution is 2.23. The Morgan fingerprint density at radius 2 is 2.14 bits per heavy atom. The van der Waals surface area contributed by atoms with Crippen LogP contribution < -0.4 is 11.1 Å². The van der Waals surface area contributed by atoms with Crippen molar-refractivity contribution in [2.24, 2.45) is 11.8 Å². The molecule has 1 saturated heterocycles. The first-order chi connectivity index (χ1) is 10.4. The standard InChI is InChI=1S/C18H29N3O/c1-12(2)17(21-9-5-6-13(3)11-21)18(22)20-15-8-7-14(4)16(19)10-15/h7-8,10,12-13,17H,5-6,9,11,19H2,1-4H3,(H,20,22). The molecule has 0 bridgehead atoms. The van der Waals surface area contributed by atoms with Gasteiger partial charge in [-0.05, 0) is 55.8 Å². The number of anilines is 2. The zero-order chi connectivity index (χ0) is 16.3. The van der Waals surface area contributed by atoms with Gasteiger partial charge in [-0.1, -0.05) is 26.8 Å². The van der Waals surface area contributed by atoms with Gasteiger partial charge in [0.15, 0.2) is 0 Å². The van der Waals surface area contributed by atoms with Gasteiger partial charge < -0.3 is 11.1 Å². The fourth-order valence-corrected chi connectivity index (χ4v) is 3.30. The molecule has 0 saturated carbocycles. The molecule has 122 valence electrons. The average Bonchev–Trinajstić information content (AvgIpc) is 2.42. The van der Waals surface area contributed by atoms with Crippen molar-refractivity contribution in [3.05, 3.63) is 23.8 Å². The van der Waals surface area contributed by atoms with Crippen LogP contribution >= 0.6 is 0 Å². The number of piperidine rings is 1. The molecule has 0 aliphatic carbocycles. The van der Waals surface area contributed by atoms with E-state index in [0.717, 1.165) is 24.3 Å². The number of carbonyl (C=O) groups is 1. The maximum atomic E-state index is 12.8. The molecule has 0 radical (unpaired) electrons. The molecule has 1 heterocycles. The van der Waals surface area contributed by atoms with E-state index in [1.807, 2.05) is 25.1 Å². The van der Waals surface area contributed by atoms with E-state index >= 15 is 0 Å². The highest BCUT2D eigenvalue weighted by Gasteiger charge is 2.31. The number of carbonyl (C=O) groups excluding carboxylic acids is 1. The predicted molar refractivity (Wildman–Crippen MR) is 92.8 cm³/mol. The quantitative estimate of drug-likeness (QED) is 0.839. The molecule has 0 aromatic heterocycles. The number of aryl methyl sites for hydroxylation is 1. The zero-order valence-electron chi connectivity index (χ0n) is 14.2. The lowest BCUT2D eigenvalue weighted by molar-refractivity contribution is -0.123. The number of nitrogens with one attached hydrogen (secondary N) is 1. The van der Waals surface area contributed by atoms with Crippen molar-refractivity contribution in [3.8, 4) is 0 Å². The summed E-state index contributed by atoms with van der Waals surface area (Å²) >= 11 is 0. The number of rotatable bonds is 4. The predicted octanol–water partition coefficient (Wildman–Crippen LogP) is 3.27. The van der Waals surface area contributed by atoms with Crippen LogP contribution in [0.3, 0.4) is 0 Å². The first-order valence-corrected chi connectivity index (χ1v) is 8.29. The van der Waals surface area contributed by atoms with Gasteiger partial charge in [0.25, 0.3) is 0 Å². The van der Waals surface area contributed by atoms with Crippen LogP contribution in [0.15, 0.2) is 18.2 Å². The highest BCUT2D eigenvalue weighted by molar-refractivity contribution is 5.95. The van der Waals surface area contributed by atoms with Gasteiger partial charge in [-0.3, -0.25) is 9.69 Å². The molecule has 1 fully saturated rings. The summed E-state index contributed by atoms with van der Waals surface area (Å²) in [6, 6.07) is 5.62. The van der Waals surface area contributed by atoms with Crippen molar-refractivity contribution in [2.75, 3.05) is 24.1 Å². The van der Waals surface area contributed by atoms with Gasteiger partial charge in [-0.2, -0.15) is 0 Å². The largest absolute Gasteiger partial charge is 0.398 e. The van der Waals surface area contributed by atoms with E-state index in [2.05, 4.69) is 31.0 Å². The molecule has 1 aromatic carbocycles. The monoisotopic (exact) mass is 303 g/mol. The second-order valence-electron chi connectivity index (χ2n) is 6.99. The van der Waals surface area contributed by atoms with Crippen molar-refractivity contribution in [3.63, 3.8) is 0 Å². The number of hydrogen-bond donors (Lipinski definition) is 2. The van der Waals surface area contributed by atoms with Gasteiger partial charge in [0.05, 0.1) is 6.04 Å². The summed E-state index contributed by atoms with van der Waals surface area (Å²) in [6.45, 7) is 10.5. The van der Waals surface area contributed by atoms with E-state index in [0.29, 0.717) is 11.6 Å². The molecule has 2 unspecified atom stereocenters. The lowest BCUT2D eigenvalue weighted by Crippen LogP contribution is -2.50. The van der Waals surface area contributed by atoms with Crippen molar-refractivity contribution >= 4 is 17.3 Å². The smallest absolute Gasteiger partial charge is 0.241 e. The number of nitrogen functional groups attached to an aromatic ring is 1. The molecule has 1 amide bonds. The second-order valence-corrected chi connectivity index (χ2v) is 6.99. The summed E-state index contributed by atoms with van der Waals surface area (Å²) in [7, 11) is 0. The van der Waals surface area contributed by atoms with Gasteiger partial charge in [0.1, 0.15) is 0 Å². The summed E-state index contributed by atoms with van der Waals surface area (Å²) in [5.74, 6) is 1.03. The van der Waals surface area contributed by atoms with Crippen LogP contribution in [-0.4, -0.2) is 29.9 Å². The maximum absolute atomic E-state index is 12.8. The number of likely N-dealkylation sites (tertiary alicyclic amines) is 1. The summed E-state index contributed by atoms with van der Waals surface area (Å²) in [5.41, 5.74) is 8.46. The third-order valence-electron chi connectivity index (χ3n) is 4.53. The summed E-state index contributed by atoms with van der Waals surface area (Å²) < 4.78 is 0. The Kier molecular flexibility index (Phi) is 5.46. The summed E-state index contributed by atoms with van der Waals surface area (Å²) in [5, 5.41) is 3.04. The van der Waals surface area contributed by atoms with Crippen molar-refractivity contribution < 1.29 is 4.79 Å². The first kappa shape index (κ1) is 16.8. The molecule has 22 heavy (non-hydrogen) atoms. The van der Waals surface area contributed by atoms with Crippen LogP contribution in [0.1, 0.15) is 39.2 Å². The van der Waals surface area contributed by atoms with Gasteiger partial charge >= 0.3 is 0 Å². The first-order valence-electron chi connectivity index (χ1n) is 8.29. The summed E-state index contributed by atoms with van der Waals surface area (Å²) in [6.07, 6.45) is 2.44. The molecule has 4 nitrogen and oxygen atoms in total. The number of nitrogens with zero attached hydrogens (tertiary/aromatic N) is 1. The Labute approximate surface area is 134 Å². The third kappa shape index (κ3) is 4.01. The van der Waals surface area contributed by atoms with Crippen LogP contribution in [0.2, 0.25) is 0 Å². The van der Waals surface area contributed by atoms with Crippen molar-refractivity contribution in [1.82, 2.24) is 4.90 Å². The molecule has 4 heteroatoms. The third-order valence-corrected chi connectivity index (χ3v) is 4.53. The van der Waals surface area contributed by atoms with Crippen LogP contribution in [0.4, 0.5) is 11.4 Å². The number of amides is 1. The molecule has 1 aliphatic heterocycles.